The third-order valence-electron chi connectivity index (χ3n) is 7.10. The van der Waals surface area contributed by atoms with E-state index in [0.717, 1.165) is 38.2 Å². The number of rotatable bonds is 3. The Morgan fingerprint density at radius 3 is 2.66 bits per heavy atom. The topological polar surface area (TPSA) is 135 Å². The predicted octanol–water partition coefficient (Wildman–Crippen LogP) is 4.41. The lowest BCUT2D eigenvalue weighted by molar-refractivity contribution is 0.187. The number of nitrogens with zero attached hydrogens (tertiary/aromatic N) is 5. The fraction of sp³-hybridized carbons (Fsp3) is 0.304. The predicted molar refractivity (Wildman–Crippen MR) is 144 cm³/mol. The second-order valence-corrected chi connectivity index (χ2v) is 9.26. The summed E-state index contributed by atoms with van der Waals surface area (Å²) in [6.07, 6.45) is 6.49. The average molecular weight is 535 g/mol. The number of pyridine rings is 1. The lowest BCUT2D eigenvalue weighted by Crippen LogP contribution is -2.44. The molecule has 4 heterocycles. The van der Waals surface area contributed by atoms with Gasteiger partial charge in [0.2, 0.25) is 0 Å². The van der Waals surface area contributed by atoms with Gasteiger partial charge in [-0.15, -0.1) is 24.8 Å². The number of hydrogen-bond donors (Lipinski definition) is 4. The van der Waals surface area contributed by atoms with Crippen LogP contribution in [0.15, 0.2) is 42.7 Å². The molecule has 0 amide bonds. The molecule has 1 atom stereocenters. The highest BCUT2D eigenvalue weighted by Crippen LogP contribution is 2.50. The van der Waals surface area contributed by atoms with Crippen LogP contribution in [0.3, 0.4) is 0 Å². The Kier molecular flexibility index (Phi) is 6.97. The number of nitrogen functional groups attached to an aromatic ring is 1. The van der Waals surface area contributed by atoms with E-state index >= 15 is 0 Å². The highest BCUT2D eigenvalue weighted by Gasteiger charge is 2.45. The van der Waals surface area contributed by atoms with E-state index in [1.54, 1.807) is 18.5 Å². The van der Waals surface area contributed by atoms with Crippen molar-refractivity contribution in [2.45, 2.75) is 25.3 Å². The van der Waals surface area contributed by atoms with Gasteiger partial charge in [-0.2, -0.15) is 5.10 Å². The second-order valence-electron chi connectivity index (χ2n) is 8.88. The molecule has 4 aromatic rings. The summed E-state index contributed by atoms with van der Waals surface area (Å²) < 4.78 is 0. The number of fused-ring (bicyclic) bond motifs is 2. The van der Waals surface area contributed by atoms with Crippen LogP contribution in [0.5, 0.6) is 0 Å². The summed E-state index contributed by atoms with van der Waals surface area (Å²) >= 11 is 6.24. The summed E-state index contributed by atoms with van der Waals surface area (Å²) in [5.41, 5.74) is 17.2. The number of piperidine rings is 1. The average Bonchev–Trinajstić information content (AvgIpc) is 3.36. The third kappa shape index (κ3) is 4.23. The van der Waals surface area contributed by atoms with Crippen LogP contribution < -0.4 is 21.7 Å². The van der Waals surface area contributed by atoms with E-state index in [1.807, 2.05) is 0 Å². The van der Waals surface area contributed by atoms with Gasteiger partial charge in [-0.05, 0) is 41.9 Å². The summed E-state index contributed by atoms with van der Waals surface area (Å²) in [7, 11) is 0. The summed E-state index contributed by atoms with van der Waals surface area (Å²) in [5, 5.41) is 10.8. The monoisotopic (exact) mass is 533 g/mol. The first kappa shape index (κ1) is 25.2. The molecule has 1 fully saturated rings. The van der Waals surface area contributed by atoms with E-state index in [4.69, 9.17) is 28.1 Å². The van der Waals surface area contributed by atoms with Gasteiger partial charge in [0.25, 0.3) is 0 Å². The molecule has 6 rings (SSSR count). The Hall–Kier alpha value is -2.85. The lowest BCUT2D eigenvalue weighted by Gasteiger charge is -2.42. The van der Waals surface area contributed by atoms with E-state index < -0.39 is 0 Å². The Balaban J connectivity index is 0.00000144. The molecule has 3 aromatic heterocycles. The third-order valence-corrected chi connectivity index (χ3v) is 7.50. The highest BCUT2D eigenvalue weighted by molar-refractivity contribution is 6.35. The van der Waals surface area contributed by atoms with Crippen molar-refractivity contribution >= 4 is 70.7 Å². The number of anilines is 4. The van der Waals surface area contributed by atoms with Crippen LogP contribution in [0.4, 0.5) is 23.1 Å². The van der Waals surface area contributed by atoms with Gasteiger partial charge in [-0.25, -0.2) is 15.0 Å². The number of aromatic amines is 1. The van der Waals surface area contributed by atoms with Crippen molar-refractivity contribution in [3.8, 4) is 0 Å². The van der Waals surface area contributed by atoms with Crippen LogP contribution >= 0.6 is 36.4 Å². The van der Waals surface area contributed by atoms with Gasteiger partial charge in [0.15, 0.2) is 17.0 Å². The number of benzene rings is 1. The van der Waals surface area contributed by atoms with Crippen molar-refractivity contribution in [2.75, 3.05) is 29.0 Å². The van der Waals surface area contributed by atoms with Crippen LogP contribution in [-0.2, 0) is 6.42 Å². The molecule has 184 valence electrons. The summed E-state index contributed by atoms with van der Waals surface area (Å²) in [5.74, 6) is 1.62. The lowest BCUT2D eigenvalue weighted by atomic mass is 9.73. The SMILES string of the molecule is Cl.Cl.Nc1nccc(Nc2n[nH]c3nc(N4CCC5(CC4)Cc4ccccc4[C@H]5N)cnc23)c1Cl. The van der Waals surface area contributed by atoms with Crippen molar-refractivity contribution in [2.24, 2.45) is 11.1 Å². The highest BCUT2D eigenvalue weighted by atomic mass is 35.5. The number of aromatic nitrogens is 5. The fourth-order valence-electron chi connectivity index (χ4n) is 5.20. The molecule has 0 radical (unpaired) electrons. The first-order chi connectivity index (χ1) is 16.0. The van der Waals surface area contributed by atoms with Crippen LogP contribution in [0.2, 0.25) is 5.02 Å². The van der Waals surface area contributed by atoms with Crippen LogP contribution in [0, 0.1) is 5.41 Å². The molecule has 1 spiro atoms. The molecule has 35 heavy (non-hydrogen) atoms. The molecular weight excluding hydrogens is 509 g/mol. The van der Waals surface area contributed by atoms with Crippen molar-refractivity contribution in [3.05, 3.63) is 58.9 Å². The number of H-pyrrole nitrogens is 1. The van der Waals surface area contributed by atoms with Gasteiger partial charge >= 0.3 is 0 Å². The van der Waals surface area contributed by atoms with Crippen molar-refractivity contribution in [1.29, 1.82) is 0 Å². The van der Waals surface area contributed by atoms with E-state index in [-0.39, 0.29) is 42.1 Å². The number of hydrogen-bond acceptors (Lipinski definition) is 8. The van der Waals surface area contributed by atoms with Crippen molar-refractivity contribution in [3.63, 3.8) is 0 Å². The molecule has 1 aliphatic carbocycles. The molecule has 9 nitrogen and oxygen atoms in total. The van der Waals surface area contributed by atoms with Gasteiger partial charge in [0, 0.05) is 25.3 Å². The summed E-state index contributed by atoms with van der Waals surface area (Å²) in [6.45, 7) is 1.79. The smallest absolute Gasteiger partial charge is 0.180 e. The molecule has 1 aromatic carbocycles. The van der Waals surface area contributed by atoms with Gasteiger partial charge in [-0.3, -0.25) is 5.10 Å². The van der Waals surface area contributed by atoms with Crippen molar-refractivity contribution in [1.82, 2.24) is 25.1 Å². The maximum atomic E-state index is 6.71. The zero-order valence-corrected chi connectivity index (χ0v) is 21.1. The van der Waals surface area contributed by atoms with Crippen LogP contribution in [-0.4, -0.2) is 38.2 Å². The molecule has 1 saturated heterocycles. The first-order valence-corrected chi connectivity index (χ1v) is 11.4. The summed E-state index contributed by atoms with van der Waals surface area (Å²) in [6, 6.07) is 10.4. The molecule has 0 bridgehead atoms. The van der Waals surface area contributed by atoms with E-state index in [9.17, 15) is 0 Å². The summed E-state index contributed by atoms with van der Waals surface area (Å²) in [4.78, 5) is 15.7. The molecule has 12 heteroatoms. The normalized spacial score (nSPS) is 18.1. The van der Waals surface area contributed by atoms with E-state index in [2.05, 4.69) is 54.6 Å². The minimum Gasteiger partial charge on any atom is -0.382 e. The standard InChI is InChI=1S/C23H24ClN9.2ClH/c24-17-15(5-8-27-20(17)26)29-21-18-22(32-31-21)30-16(12-28-18)33-9-6-23(7-10-33)11-13-3-1-2-4-14(13)19(23)25;;/h1-5,8,12,19H,6-7,9-11,25H2,(H4,26,27,29,30,31,32);2*1H/t19-;;/m1../s1. The minimum absolute atomic E-state index is 0. The maximum absolute atomic E-state index is 6.71. The zero-order valence-electron chi connectivity index (χ0n) is 18.7. The van der Waals surface area contributed by atoms with Crippen LogP contribution in [0.1, 0.15) is 30.0 Å². The Morgan fingerprint density at radius 2 is 1.89 bits per heavy atom. The fourth-order valence-corrected chi connectivity index (χ4v) is 5.36. The molecule has 2 aliphatic rings. The van der Waals surface area contributed by atoms with Gasteiger partial charge in [-0.1, -0.05) is 35.9 Å². The van der Waals surface area contributed by atoms with Gasteiger partial charge in [0.05, 0.1) is 11.9 Å². The zero-order chi connectivity index (χ0) is 22.6. The second kappa shape index (κ2) is 9.66. The Labute approximate surface area is 219 Å². The largest absolute Gasteiger partial charge is 0.382 e. The number of nitrogens with one attached hydrogen (secondary N) is 2. The molecular formula is C23H26Cl3N9. The van der Waals surface area contributed by atoms with Crippen LogP contribution in [0.25, 0.3) is 11.2 Å². The Bertz CT molecular complexity index is 1350. The number of halogens is 3. The molecule has 0 saturated carbocycles. The molecule has 1 aliphatic heterocycles. The minimum atomic E-state index is 0. The van der Waals surface area contributed by atoms with E-state index in [0.29, 0.717) is 27.7 Å². The molecule has 6 N–H and O–H groups in total. The van der Waals surface area contributed by atoms with Gasteiger partial charge < -0.3 is 21.7 Å². The van der Waals surface area contributed by atoms with Crippen molar-refractivity contribution < 1.29 is 0 Å². The maximum Gasteiger partial charge on any atom is 0.180 e. The number of nitrogens with two attached hydrogens (primary N) is 2. The van der Waals surface area contributed by atoms with Gasteiger partial charge in [0.1, 0.15) is 16.7 Å². The Morgan fingerprint density at radius 1 is 1.11 bits per heavy atom. The van der Waals surface area contributed by atoms with E-state index in [1.165, 1.54) is 11.1 Å². The quantitative estimate of drug-likeness (QED) is 0.303. The first-order valence-electron chi connectivity index (χ1n) is 11.0. The molecule has 0 unspecified atom stereocenters.